The van der Waals surface area contributed by atoms with Gasteiger partial charge in [-0.15, -0.1) is 0 Å². The standard InChI is InChI=1S/C13H12F3NO2S/c1-12(2)10(18)17(11(19)20-12)7-8-3-5-9(6-4-8)13(14,15)16/h3-6H,7H2,1-2H3. The van der Waals surface area contributed by atoms with Gasteiger partial charge in [0.1, 0.15) is 0 Å². The number of rotatable bonds is 2. The molecule has 1 aromatic carbocycles. The Bertz CT molecular complexity index is 552. The Labute approximate surface area is 118 Å². The molecule has 0 aromatic heterocycles. The fraction of sp³-hybridized carbons (Fsp3) is 0.385. The molecule has 0 spiro atoms. The highest BCUT2D eigenvalue weighted by atomic mass is 32.2. The van der Waals surface area contributed by atoms with Crippen LogP contribution in [-0.2, 0) is 17.5 Å². The topological polar surface area (TPSA) is 37.4 Å². The predicted molar refractivity (Wildman–Crippen MR) is 69.1 cm³/mol. The molecule has 1 aliphatic rings. The van der Waals surface area contributed by atoms with Gasteiger partial charge in [-0.1, -0.05) is 12.1 Å². The highest BCUT2D eigenvalue weighted by molar-refractivity contribution is 8.16. The van der Waals surface area contributed by atoms with Crippen molar-refractivity contribution in [2.24, 2.45) is 0 Å². The summed E-state index contributed by atoms with van der Waals surface area (Å²) in [4.78, 5) is 24.8. The number of hydrogen-bond donors (Lipinski definition) is 0. The summed E-state index contributed by atoms with van der Waals surface area (Å²) in [5.74, 6) is -0.326. The molecule has 1 aromatic rings. The molecule has 1 aliphatic heterocycles. The second kappa shape index (κ2) is 4.80. The average molecular weight is 303 g/mol. The summed E-state index contributed by atoms with van der Waals surface area (Å²) in [5.41, 5.74) is -0.270. The van der Waals surface area contributed by atoms with Gasteiger partial charge >= 0.3 is 6.18 Å². The molecule has 2 amide bonds. The number of thioether (sulfide) groups is 1. The van der Waals surface area contributed by atoms with Gasteiger partial charge < -0.3 is 0 Å². The third kappa shape index (κ3) is 2.82. The summed E-state index contributed by atoms with van der Waals surface area (Å²) in [6.07, 6.45) is -4.39. The third-order valence-corrected chi connectivity index (χ3v) is 4.02. The Morgan fingerprint density at radius 1 is 1.15 bits per heavy atom. The number of imide groups is 1. The predicted octanol–water partition coefficient (Wildman–Crippen LogP) is 3.68. The fourth-order valence-corrected chi connectivity index (χ4v) is 2.73. The van der Waals surface area contributed by atoms with Crippen LogP contribution in [0.15, 0.2) is 24.3 Å². The normalized spacial score (nSPS) is 18.8. The number of amides is 2. The zero-order valence-electron chi connectivity index (χ0n) is 10.8. The molecule has 1 saturated heterocycles. The van der Waals surface area contributed by atoms with E-state index in [1.165, 1.54) is 12.1 Å². The van der Waals surface area contributed by atoms with Gasteiger partial charge in [-0.2, -0.15) is 13.2 Å². The molecule has 7 heteroatoms. The van der Waals surface area contributed by atoms with Crippen molar-refractivity contribution >= 4 is 22.9 Å². The molecular weight excluding hydrogens is 291 g/mol. The molecule has 108 valence electrons. The van der Waals surface area contributed by atoms with Crippen molar-refractivity contribution in [3.63, 3.8) is 0 Å². The van der Waals surface area contributed by atoms with Crippen LogP contribution in [-0.4, -0.2) is 20.8 Å². The first kappa shape index (κ1) is 14.9. The van der Waals surface area contributed by atoms with Gasteiger partial charge in [-0.25, -0.2) is 0 Å². The van der Waals surface area contributed by atoms with Gasteiger partial charge in [-0.05, 0) is 43.3 Å². The van der Waals surface area contributed by atoms with Crippen LogP contribution < -0.4 is 0 Å². The average Bonchev–Trinajstić information content (AvgIpc) is 2.51. The van der Waals surface area contributed by atoms with Crippen LogP contribution in [0.4, 0.5) is 18.0 Å². The Morgan fingerprint density at radius 2 is 1.70 bits per heavy atom. The van der Waals surface area contributed by atoms with E-state index >= 15 is 0 Å². The Hall–Kier alpha value is -1.50. The van der Waals surface area contributed by atoms with E-state index in [4.69, 9.17) is 0 Å². The maximum absolute atomic E-state index is 12.4. The highest BCUT2D eigenvalue weighted by Crippen LogP contribution is 2.37. The molecule has 0 radical (unpaired) electrons. The van der Waals surface area contributed by atoms with Crippen LogP contribution in [0.3, 0.4) is 0 Å². The largest absolute Gasteiger partial charge is 0.416 e. The summed E-state index contributed by atoms with van der Waals surface area (Å²) in [6.45, 7) is 3.28. The molecular formula is C13H12F3NO2S. The first-order valence-corrected chi connectivity index (χ1v) is 6.64. The number of benzene rings is 1. The first-order valence-electron chi connectivity index (χ1n) is 5.82. The van der Waals surface area contributed by atoms with Crippen molar-refractivity contribution in [2.75, 3.05) is 0 Å². The molecule has 0 bridgehead atoms. The Morgan fingerprint density at radius 3 is 2.10 bits per heavy atom. The molecule has 0 aliphatic carbocycles. The van der Waals surface area contributed by atoms with E-state index in [2.05, 4.69) is 0 Å². The number of carbonyl (C=O) groups excluding carboxylic acids is 2. The lowest BCUT2D eigenvalue weighted by Gasteiger charge is -2.16. The molecule has 2 rings (SSSR count). The Balaban J connectivity index is 2.15. The molecule has 1 fully saturated rings. The number of carbonyl (C=O) groups is 2. The van der Waals surface area contributed by atoms with E-state index in [9.17, 15) is 22.8 Å². The molecule has 3 nitrogen and oxygen atoms in total. The maximum atomic E-state index is 12.4. The minimum absolute atomic E-state index is 0.00770. The van der Waals surface area contributed by atoms with E-state index in [1.807, 2.05) is 0 Å². The molecule has 0 atom stereocenters. The van der Waals surface area contributed by atoms with E-state index in [1.54, 1.807) is 13.8 Å². The Kier molecular flexibility index (Phi) is 3.58. The van der Waals surface area contributed by atoms with Gasteiger partial charge in [0.05, 0.1) is 16.9 Å². The van der Waals surface area contributed by atoms with Crippen LogP contribution >= 0.6 is 11.8 Å². The van der Waals surface area contributed by atoms with Crippen molar-refractivity contribution < 1.29 is 22.8 Å². The van der Waals surface area contributed by atoms with E-state index in [-0.39, 0.29) is 17.7 Å². The summed E-state index contributed by atoms with van der Waals surface area (Å²) >= 11 is 0.923. The number of nitrogens with zero attached hydrogens (tertiary/aromatic N) is 1. The van der Waals surface area contributed by atoms with Gasteiger partial charge in [0.25, 0.3) is 5.24 Å². The monoisotopic (exact) mass is 303 g/mol. The molecule has 20 heavy (non-hydrogen) atoms. The van der Waals surface area contributed by atoms with E-state index in [0.717, 1.165) is 28.8 Å². The van der Waals surface area contributed by atoms with Gasteiger partial charge in [0.2, 0.25) is 5.91 Å². The van der Waals surface area contributed by atoms with E-state index in [0.29, 0.717) is 5.56 Å². The quantitative estimate of drug-likeness (QED) is 0.836. The zero-order chi connectivity index (χ0) is 15.1. The zero-order valence-corrected chi connectivity index (χ0v) is 11.6. The lowest BCUT2D eigenvalue weighted by atomic mass is 10.1. The maximum Gasteiger partial charge on any atom is 0.416 e. The van der Waals surface area contributed by atoms with Crippen molar-refractivity contribution in [1.82, 2.24) is 4.90 Å². The number of alkyl halides is 3. The molecule has 0 unspecified atom stereocenters. The second-order valence-electron chi connectivity index (χ2n) is 4.96. The van der Waals surface area contributed by atoms with Crippen LogP contribution in [0.25, 0.3) is 0 Å². The van der Waals surface area contributed by atoms with Crippen molar-refractivity contribution in [3.8, 4) is 0 Å². The fourth-order valence-electron chi connectivity index (χ4n) is 1.84. The first-order chi connectivity index (χ1) is 9.11. The summed E-state index contributed by atoms with van der Waals surface area (Å²) in [7, 11) is 0. The van der Waals surface area contributed by atoms with Crippen LogP contribution in [0.1, 0.15) is 25.0 Å². The molecule has 0 N–H and O–H groups in total. The lowest BCUT2D eigenvalue weighted by Crippen LogP contribution is -2.35. The van der Waals surface area contributed by atoms with Crippen LogP contribution in [0, 0.1) is 0 Å². The number of halogens is 3. The van der Waals surface area contributed by atoms with Crippen molar-refractivity contribution in [2.45, 2.75) is 31.3 Å². The van der Waals surface area contributed by atoms with Gasteiger partial charge in [0, 0.05) is 0 Å². The minimum Gasteiger partial charge on any atom is -0.273 e. The van der Waals surface area contributed by atoms with Crippen LogP contribution in [0.2, 0.25) is 0 Å². The summed E-state index contributed by atoms with van der Waals surface area (Å²) in [6, 6.07) is 4.44. The van der Waals surface area contributed by atoms with E-state index < -0.39 is 16.5 Å². The minimum atomic E-state index is -4.39. The van der Waals surface area contributed by atoms with Gasteiger partial charge in [0.15, 0.2) is 0 Å². The number of hydrogen-bond acceptors (Lipinski definition) is 3. The summed E-state index contributed by atoms with van der Waals surface area (Å²) in [5, 5.41) is -0.375. The van der Waals surface area contributed by atoms with Crippen LogP contribution in [0.5, 0.6) is 0 Å². The smallest absolute Gasteiger partial charge is 0.273 e. The van der Waals surface area contributed by atoms with Gasteiger partial charge in [-0.3, -0.25) is 14.5 Å². The highest BCUT2D eigenvalue weighted by Gasteiger charge is 2.45. The summed E-state index contributed by atoms with van der Waals surface area (Å²) < 4.78 is 36.5. The van der Waals surface area contributed by atoms with Crippen molar-refractivity contribution in [1.29, 1.82) is 0 Å². The van der Waals surface area contributed by atoms with Crippen molar-refractivity contribution in [3.05, 3.63) is 35.4 Å². The second-order valence-corrected chi connectivity index (χ2v) is 6.54. The molecule has 1 heterocycles. The lowest BCUT2D eigenvalue weighted by molar-refractivity contribution is -0.137. The SMILES string of the molecule is CC1(C)SC(=O)N(Cc2ccc(C(F)(F)F)cc2)C1=O. The molecule has 0 saturated carbocycles. The third-order valence-electron chi connectivity index (χ3n) is 2.94.